The van der Waals surface area contributed by atoms with Crippen LogP contribution < -0.4 is 10.6 Å². The smallest absolute Gasteiger partial charge is 0.407 e. The first kappa shape index (κ1) is 39.6. The summed E-state index contributed by atoms with van der Waals surface area (Å²) in [7, 11) is 2.60. The number of carbonyl (C=O) groups excluding carboxylic acids is 4. The van der Waals surface area contributed by atoms with Crippen LogP contribution in [0, 0.1) is 11.8 Å². The molecule has 0 radical (unpaired) electrons. The monoisotopic (exact) mass is 812 g/mol. The Balaban J connectivity index is 0.983. The minimum Gasteiger partial charge on any atom is -0.453 e. The molecular weight excluding hydrogens is 761 g/mol. The second-order valence-electron chi connectivity index (χ2n) is 16.0. The van der Waals surface area contributed by atoms with Gasteiger partial charge in [-0.3, -0.25) is 9.59 Å². The van der Waals surface area contributed by atoms with E-state index in [0.29, 0.717) is 32.7 Å². The number of methoxy groups -OCH3 is 2. The van der Waals surface area contributed by atoms with E-state index in [-0.39, 0.29) is 35.7 Å². The minimum atomic E-state index is -0.719. The van der Waals surface area contributed by atoms with Gasteiger partial charge >= 0.3 is 12.2 Å². The third-order valence-corrected chi connectivity index (χ3v) is 13.5. The molecule has 3 fully saturated rings. The first-order chi connectivity index (χ1) is 28.1. The van der Waals surface area contributed by atoms with Crippen molar-refractivity contribution in [3.63, 3.8) is 0 Å². The number of alkyl carbamates (subject to hydrolysis) is 2. The molecule has 1 aliphatic carbocycles. The number of ether oxygens (including phenoxy) is 3. The fourth-order valence-electron chi connectivity index (χ4n) is 9.07. The predicted molar refractivity (Wildman–Crippen MR) is 217 cm³/mol. The van der Waals surface area contributed by atoms with Gasteiger partial charge in [-0.25, -0.2) is 19.6 Å². The molecule has 4 N–H and O–H groups in total. The van der Waals surface area contributed by atoms with Crippen LogP contribution in [0.5, 0.6) is 0 Å². The summed E-state index contributed by atoms with van der Waals surface area (Å²) in [6.07, 6.45) is 9.56. The number of hydrogen-bond acceptors (Lipinski definition) is 10. The normalized spacial score (nSPS) is 21.3. The van der Waals surface area contributed by atoms with Crippen molar-refractivity contribution in [3.05, 3.63) is 59.4 Å². The molecule has 6 heterocycles. The maximum absolute atomic E-state index is 14.0. The zero-order chi connectivity index (χ0) is 40.5. The number of rotatable bonds is 11. The second-order valence-corrected chi connectivity index (χ2v) is 17.0. The quantitative estimate of drug-likeness (QED) is 0.138. The van der Waals surface area contributed by atoms with Crippen LogP contribution in [0.25, 0.3) is 32.3 Å². The Morgan fingerprint density at radius 1 is 0.776 bits per heavy atom. The van der Waals surface area contributed by atoms with Crippen LogP contribution >= 0.6 is 11.3 Å². The molecule has 1 aromatic carbocycles. The average Bonchev–Trinajstić information content (AvgIpc) is 4.09. The molecule has 4 aliphatic rings. The summed E-state index contributed by atoms with van der Waals surface area (Å²) in [6.45, 7) is 5.99. The summed E-state index contributed by atoms with van der Waals surface area (Å²) in [6, 6.07) is 6.72. The van der Waals surface area contributed by atoms with Crippen LogP contribution in [0.3, 0.4) is 0 Å². The Kier molecular flexibility index (Phi) is 11.6. The van der Waals surface area contributed by atoms with Gasteiger partial charge in [-0.1, -0.05) is 38.1 Å². The van der Waals surface area contributed by atoms with E-state index in [1.807, 2.05) is 36.0 Å². The van der Waals surface area contributed by atoms with E-state index in [9.17, 15) is 19.2 Å². The van der Waals surface area contributed by atoms with Gasteiger partial charge in [0.1, 0.15) is 23.7 Å². The topological polar surface area (TPSA) is 184 Å². The first-order valence-electron chi connectivity index (χ1n) is 20.4. The maximum Gasteiger partial charge on any atom is 0.407 e. The molecule has 8 rings (SSSR count). The number of imidazole rings is 2. The van der Waals surface area contributed by atoms with E-state index in [1.54, 1.807) is 11.3 Å². The molecule has 0 spiro atoms. The van der Waals surface area contributed by atoms with Crippen LogP contribution in [-0.2, 0) is 36.6 Å². The van der Waals surface area contributed by atoms with Crippen LogP contribution in [-0.4, -0.2) is 106 Å². The van der Waals surface area contributed by atoms with Gasteiger partial charge in [-0.15, -0.1) is 11.3 Å². The molecule has 2 unspecified atom stereocenters. The SMILES string of the molecule is COC(=O)NC(C(=O)N1CCC[C@H]1c1ncc(-c2sc(-c3ccc(-c4cnc([C@@H]5CCCN5C(=O)[C@@H](NC(=O)OC)C(C)C)[nH]4)cc3)c3c2CCC3)[nH]1)C1CCOC1. The number of carbonyl (C=O) groups is 4. The number of amides is 4. The summed E-state index contributed by atoms with van der Waals surface area (Å²) >= 11 is 1.78. The van der Waals surface area contributed by atoms with Crippen molar-refractivity contribution in [2.45, 2.75) is 89.4 Å². The predicted octanol–water partition coefficient (Wildman–Crippen LogP) is 6.15. The summed E-state index contributed by atoms with van der Waals surface area (Å²) in [5, 5.41) is 5.49. The van der Waals surface area contributed by atoms with Crippen molar-refractivity contribution in [2.75, 3.05) is 40.5 Å². The molecule has 15 nitrogen and oxygen atoms in total. The summed E-state index contributed by atoms with van der Waals surface area (Å²) in [5.41, 5.74) is 6.72. The number of fused-ring (bicyclic) bond motifs is 1. The van der Waals surface area contributed by atoms with Gasteiger partial charge in [-0.05, 0) is 79.5 Å². The number of thiophene rings is 1. The third kappa shape index (κ3) is 7.71. The van der Waals surface area contributed by atoms with Gasteiger partial charge in [0.2, 0.25) is 11.8 Å². The highest BCUT2D eigenvalue weighted by Crippen LogP contribution is 2.47. The molecule has 58 heavy (non-hydrogen) atoms. The number of likely N-dealkylation sites (tertiary alicyclic amines) is 2. The molecular formula is C42H52N8O7S. The van der Waals surface area contributed by atoms with E-state index < -0.39 is 24.3 Å². The molecule has 3 aromatic heterocycles. The van der Waals surface area contributed by atoms with Crippen LogP contribution in [0.2, 0.25) is 0 Å². The Morgan fingerprint density at radius 3 is 1.98 bits per heavy atom. The molecule has 3 aliphatic heterocycles. The zero-order valence-electron chi connectivity index (χ0n) is 33.5. The van der Waals surface area contributed by atoms with E-state index in [0.717, 1.165) is 79.1 Å². The van der Waals surface area contributed by atoms with Gasteiger partial charge in [-0.2, -0.15) is 0 Å². The van der Waals surface area contributed by atoms with Crippen LogP contribution in [0.4, 0.5) is 9.59 Å². The van der Waals surface area contributed by atoms with Crippen molar-refractivity contribution in [1.29, 1.82) is 0 Å². The fourth-order valence-corrected chi connectivity index (χ4v) is 10.4. The Morgan fingerprint density at radius 2 is 1.36 bits per heavy atom. The highest BCUT2D eigenvalue weighted by atomic mass is 32.1. The van der Waals surface area contributed by atoms with E-state index in [4.69, 9.17) is 24.2 Å². The largest absolute Gasteiger partial charge is 0.453 e. The lowest BCUT2D eigenvalue weighted by Crippen LogP contribution is -2.52. The Labute approximate surface area is 341 Å². The molecule has 0 bridgehead atoms. The Hall–Kier alpha value is -5.22. The van der Waals surface area contributed by atoms with Crippen LogP contribution in [0.1, 0.15) is 87.2 Å². The van der Waals surface area contributed by atoms with Crippen molar-refractivity contribution >= 4 is 35.3 Å². The first-order valence-corrected chi connectivity index (χ1v) is 21.2. The molecule has 4 aromatic rings. The van der Waals surface area contributed by atoms with Gasteiger partial charge in [0.15, 0.2) is 0 Å². The van der Waals surface area contributed by atoms with Gasteiger partial charge in [0.25, 0.3) is 0 Å². The molecule has 5 atom stereocenters. The average molecular weight is 813 g/mol. The number of hydrogen-bond donors (Lipinski definition) is 4. The second kappa shape index (κ2) is 16.9. The third-order valence-electron chi connectivity index (χ3n) is 12.1. The fraction of sp³-hybridized carbons (Fsp3) is 0.524. The summed E-state index contributed by atoms with van der Waals surface area (Å²) in [5.74, 6) is 1.01. The van der Waals surface area contributed by atoms with Crippen molar-refractivity contribution in [1.82, 2.24) is 40.4 Å². The standard InChI is InChI=1S/C42H52N8O7S/c1-23(2)33(47-41(53)55-3)39(51)49-17-6-10-31(49)37-43-20-29(45-37)24-12-14-25(15-13-24)35-27-8-5-9-28(27)36(58-35)30-21-44-38(46-30)32-11-7-18-50(32)40(52)34(48-42(54)56-4)26-16-19-57-22-26/h12-15,20-21,23,26,31-34H,5-11,16-19,22H2,1-4H3,(H,43,45)(H,44,46)(H,47,53)(H,48,54)/t26?,31-,32-,33-,34?/m0/s1. The number of aromatic amines is 2. The lowest BCUT2D eigenvalue weighted by Gasteiger charge is -2.30. The van der Waals surface area contributed by atoms with Gasteiger partial charge in [0, 0.05) is 30.5 Å². The minimum absolute atomic E-state index is 0.106. The Bertz CT molecular complexity index is 2140. The van der Waals surface area contributed by atoms with Crippen LogP contribution in [0.15, 0.2) is 36.7 Å². The summed E-state index contributed by atoms with van der Waals surface area (Å²) in [4.78, 5) is 74.6. The highest BCUT2D eigenvalue weighted by Gasteiger charge is 2.41. The van der Waals surface area contributed by atoms with Crippen molar-refractivity contribution in [2.24, 2.45) is 11.8 Å². The lowest BCUT2D eigenvalue weighted by molar-refractivity contribution is -0.136. The van der Waals surface area contributed by atoms with E-state index in [2.05, 4.69) is 44.9 Å². The molecule has 3 saturated heterocycles. The van der Waals surface area contributed by atoms with Gasteiger partial charge in [0.05, 0.1) is 61.6 Å². The van der Waals surface area contributed by atoms with Crippen molar-refractivity contribution < 1.29 is 33.4 Å². The molecule has 16 heteroatoms. The summed E-state index contributed by atoms with van der Waals surface area (Å²) < 4.78 is 15.2. The van der Waals surface area contributed by atoms with Gasteiger partial charge < -0.3 is 44.6 Å². The van der Waals surface area contributed by atoms with Crippen molar-refractivity contribution in [3.8, 4) is 32.3 Å². The molecule has 4 amide bonds. The van der Waals surface area contributed by atoms with E-state index >= 15 is 0 Å². The number of H-pyrrole nitrogens is 2. The maximum atomic E-state index is 14.0. The molecule has 308 valence electrons. The number of benzene rings is 1. The number of nitrogens with one attached hydrogen (secondary N) is 4. The zero-order valence-corrected chi connectivity index (χ0v) is 34.3. The number of aromatic nitrogens is 4. The lowest BCUT2D eigenvalue weighted by atomic mass is 9.97. The number of nitrogens with zero attached hydrogens (tertiary/aromatic N) is 4. The van der Waals surface area contributed by atoms with E-state index in [1.165, 1.54) is 35.1 Å². The highest BCUT2D eigenvalue weighted by molar-refractivity contribution is 7.19. The molecule has 0 saturated carbocycles.